The van der Waals surface area contributed by atoms with Crippen LogP contribution in [0.15, 0.2) is 0 Å². The molecule has 4 heteroatoms. The lowest BCUT2D eigenvalue weighted by molar-refractivity contribution is -0.136. The first-order valence-electron chi connectivity index (χ1n) is 6.48. The van der Waals surface area contributed by atoms with Crippen LogP contribution >= 0.6 is 0 Å². The molecule has 1 amide bonds. The molecule has 1 rings (SSSR count). The van der Waals surface area contributed by atoms with E-state index >= 15 is 0 Å². The first-order valence-corrected chi connectivity index (χ1v) is 6.48. The number of amides is 1. The highest BCUT2D eigenvalue weighted by atomic mass is 16.2. The molecular weight excluding hydrogens is 214 g/mol. The van der Waals surface area contributed by atoms with Crippen LogP contribution in [0.4, 0.5) is 0 Å². The van der Waals surface area contributed by atoms with E-state index in [-0.39, 0.29) is 17.4 Å². The predicted molar refractivity (Wildman–Crippen MR) is 70.7 cm³/mol. The fraction of sp³-hybridized carbons (Fsp3) is 0.923. The SMILES string of the molecule is CC1CN(C)CCCN1C(=O)C(N)C(C)(C)C. The standard InChI is InChI=1S/C13H27N3O/c1-10-9-15(5)7-6-8-16(10)12(17)11(14)13(2,3)4/h10-11H,6-9,14H2,1-5H3. The zero-order chi connectivity index (χ0) is 13.2. The van der Waals surface area contributed by atoms with Crippen molar-refractivity contribution < 1.29 is 4.79 Å². The first kappa shape index (κ1) is 14.5. The molecule has 100 valence electrons. The molecule has 0 aliphatic carbocycles. The zero-order valence-corrected chi connectivity index (χ0v) is 11.9. The maximum absolute atomic E-state index is 12.4. The molecule has 0 aromatic heterocycles. The van der Waals surface area contributed by atoms with Gasteiger partial charge in [0.1, 0.15) is 0 Å². The predicted octanol–water partition coefficient (Wildman–Crippen LogP) is 0.912. The largest absolute Gasteiger partial charge is 0.337 e. The smallest absolute Gasteiger partial charge is 0.240 e. The molecule has 0 bridgehead atoms. The van der Waals surface area contributed by atoms with Crippen molar-refractivity contribution in [2.45, 2.75) is 46.2 Å². The minimum Gasteiger partial charge on any atom is -0.337 e. The van der Waals surface area contributed by atoms with Crippen LogP contribution in [0.5, 0.6) is 0 Å². The second kappa shape index (κ2) is 5.36. The van der Waals surface area contributed by atoms with Crippen LogP contribution in [0.25, 0.3) is 0 Å². The Kier molecular flexibility index (Phi) is 4.55. The van der Waals surface area contributed by atoms with E-state index in [1.165, 1.54) is 0 Å². The van der Waals surface area contributed by atoms with Crippen LogP contribution in [0.1, 0.15) is 34.1 Å². The number of carbonyl (C=O) groups excluding carboxylic acids is 1. The minimum absolute atomic E-state index is 0.0975. The summed E-state index contributed by atoms with van der Waals surface area (Å²) in [5, 5.41) is 0. The summed E-state index contributed by atoms with van der Waals surface area (Å²) < 4.78 is 0. The van der Waals surface area contributed by atoms with E-state index in [4.69, 9.17) is 5.73 Å². The van der Waals surface area contributed by atoms with Gasteiger partial charge >= 0.3 is 0 Å². The van der Waals surface area contributed by atoms with E-state index in [1.54, 1.807) is 0 Å². The molecule has 1 heterocycles. The number of likely N-dealkylation sites (N-methyl/N-ethyl adjacent to an activating group) is 1. The average molecular weight is 241 g/mol. The van der Waals surface area contributed by atoms with Gasteiger partial charge in [-0.15, -0.1) is 0 Å². The van der Waals surface area contributed by atoms with Crippen molar-refractivity contribution in [2.24, 2.45) is 11.1 Å². The van der Waals surface area contributed by atoms with E-state index in [9.17, 15) is 4.79 Å². The van der Waals surface area contributed by atoms with Crippen LogP contribution in [0, 0.1) is 5.41 Å². The first-order chi connectivity index (χ1) is 7.73. The Morgan fingerprint density at radius 1 is 1.35 bits per heavy atom. The van der Waals surface area contributed by atoms with Gasteiger partial charge in [-0.1, -0.05) is 20.8 Å². The van der Waals surface area contributed by atoms with Crippen molar-refractivity contribution in [3.63, 3.8) is 0 Å². The Hall–Kier alpha value is -0.610. The lowest BCUT2D eigenvalue weighted by Crippen LogP contribution is -2.53. The van der Waals surface area contributed by atoms with Crippen molar-refractivity contribution in [1.82, 2.24) is 9.80 Å². The lowest BCUT2D eigenvalue weighted by atomic mass is 9.86. The highest BCUT2D eigenvalue weighted by molar-refractivity contribution is 5.82. The number of nitrogens with two attached hydrogens (primary N) is 1. The van der Waals surface area contributed by atoms with Crippen molar-refractivity contribution in [2.75, 3.05) is 26.7 Å². The topological polar surface area (TPSA) is 49.6 Å². The molecule has 4 nitrogen and oxygen atoms in total. The van der Waals surface area contributed by atoms with E-state index in [0.717, 1.165) is 26.1 Å². The molecule has 0 radical (unpaired) electrons. The molecule has 0 spiro atoms. The Balaban J connectivity index is 2.74. The van der Waals surface area contributed by atoms with Gasteiger partial charge in [-0.25, -0.2) is 0 Å². The van der Waals surface area contributed by atoms with Crippen molar-refractivity contribution in [3.8, 4) is 0 Å². The monoisotopic (exact) mass is 241 g/mol. The van der Waals surface area contributed by atoms with Gasteiger partial charge in [0.25, 0.3) is 0 Å². The van der Waals surface area contributed by atoms with Gasteiger partial charge in [0.2, 0.25) is 5.91 Å². The van der Waals surface area contributed by atoms with Crippen molar-refractivity contribution in [3.05, 3.63) is 0 Å². The van der Waals surface area contributed by atoms with Crippen LogP contribution in [-0.2, 0) is 4.79 Å². The minimum atomic E-state index is -0.409. The molecule has 1 aliphatic rings. The third-order valence-corrected chi connectivity index (χ3v) is 3.53. The highest BCUT2D eigenvalue weighted by Gasteiger charge is 2.33. The lowest BCUT2D eigenvalue weighted by Gasteiger charge is -2.34. The van der Waals surface area contributed by atoms with Crippen LogP contribution < -0.4 is 5.73 Å². The van der Waals surface area contributed by atoms with Crippen LogP contribution in [0.2, 0.25) is 0 Å². The van der Waals surface area contributed by atoms with Crippen LogP contribution in [-0.4, -0.2) is 54.5 Å². The summed E-state index contributed by atoms with van der Waals surface area (Å²) in [7, 11) is 2.11. The molecule has 0 saturated carbocycles. The fourth-order valence-electron chi connectivity index (χ4n) is 2.25. The van der Waals surface area contributed by atoms with E-state index < -0.39 is 6.04 Å². The third kappa shape index (κ3) is 3.68. The Morgan fingerprint density at radius 3 is 2.47 bits per heavy atom. The summed E-state index contributed by atoms with van der Waals surface area (Å²) in [5.41, 5.74) is 5.90. The van der Waals surface area contributed by atoms with Gasteiger partial charge < -0.3 is 15.5 Å². The van der Waals surface area contributed by atoms with Crippen LogP contribution in [0.3, 0.4) is 0 Å². The zero-order valence-electron chi connectivity index (χ0n) is 11.9. The number of hydrogen-bond acceptors (Lipinski definition) is 3. The summed E-state index contributed by atoms with van der Waals surface area (Å²) in [6.07, 6.45) is 1.03. The average Bonchev–Trinajstić information content (AvgIpc) is 2.35. The molecule has 1 fully saturated rings. The Bertz CT molecular complexity index is 272. The molecular formula is C13H27N3O. The van der Waals surface area contributed by atoms with Gasteiger partial charge in [-0.2, -0.15) is 0 Å². The molecule has 2 N–H and O–H groups in total. The third-order valence-electron chi connectivity index (χ3n) is 3.53. The number of hydrogen-bond donors (Lipinski definition) is 1. The van der Waals surface area contributed by atoms with Gasteiger partial charge in [0.15, 0.2) is 0 Å². The number of nitrogens with zero attached hydrogens (tertiary/aromatic N) is 2. The van der Waals surface area contributed by atoms with E-state index in [2.05, 4.69) is 18.9 Å². The van der Waals surface area contributed by atoms with Gasteiger partial charge in [0, 0.05) is 19.1 Å². The summed E-state index contributed by atoms with van der Waals surface area (Å²) in [5.74, 6) is 0.0975. The molecule has 2 atom stereocenters. The fourth-order valence-corrected chi connectivity index (χ4v) is 2.25. The maximum atomic E-state index is 12.4. The van der Waals surface area contributed by atoms with Gasteiger partial charge in [-0.05, 0) is 32.4 Å². The number of rotatable bonds is 1. The summed E-state index contributed by atoms with van der Waals surface area (Å²) in [6.45, 7) is 11.0. The molecule has 1 aliphatic heterocycles. The second-order valence-corrected chi connectivity index (χ2v) is 6.34. The Labute approximate surface area is 105 Å². The second-order valence-electron chi connectivity index (χ2n) is 6.34. The molecule has 17 heavy (non-hydrogen) atoms. The van der Waals surface area contributed by atoms with Crippen molar-refractivity contribution >= 4 is 5.91 Å². The number of carbonyl (C=O) groups is 1. The summed E-state index contributed by atoms with van der Waals surface area (Å²) >= 11 is 0. The van der Waals surface area contributed by atoms with Gasteiger partial charge in [0.05, 0.1) is 6.04 Å². The highest BCUT2D eigenvalue weighted by Crippen LogP contribution is 2.21. The normalized spacial score (nSPS) is 25.5. The maximum Gasteiger partial charge on any atom is 0.240 e. The summed E-state index contributed by atoms with van der Waals surface area (Å²) in [4.78, 5) is 16.6. The Morgan fingerprint density at radius 2 is 1.94 bits per heavy atom. The molecule has 1 saturated heterocycles. The van der Waals surface area contributed by atoms with Crippen molar-refractivity contribution in [1.29, 1.82) is 0 Å². The molecule has 0 aromatic carbocycles. The van der Waals surface area contributed by atoms with E-state index in [1.807, 2.05) is 25.7 Å². The van der Waals surface area contributed by atoms with Gasteiger partial charge in [-0.3, -0.25) is 4.79 Å². The van der Waals surface area contributed by atoms with E-state index in [0.29, 0.717) is 0 Å². The molecule has 2 unspecified atom stereocenters. The molecule has 0 aromatic rings. The summed E-state index contributed by atoms with van der Waals surface area (Å²) in [6, 6.07) is -0.156. The quantitative estimate of drug-likeness (QED) is 0.742.